The van der Waals surface area contributed by atoms with E-state index < -0.39 is 0 Å². The summed E-state index contributed by atoms with van der Waals surface area (Å²) in [4.78, 5) is 0. The molecule has 0 aliphatic heterocycles. The van der Waals surface area contributed by atoms with Gasteiger partial charge in [0.2, 0.25) is 0 Å². The lowest BCUT2D eigenvalue weighted by molar-refractivity contribution is 0.231. The van der Waals surface area contributed by atoms with Crippen molar-refractivity contribution in [2.45, 2.75) is 26.5 Å². The molecule has 3 heteroatoms. The van der Waals surface area contributed by atoms with Crippen molar-refractivity contribution in [3.05, 3.63) is 29.6 Å². The van der Waals surface area contributed by atoms with Gasteiger partial charge in [0.05, 0.1) is 6.10 Å². The van der Waals surface area contributed by atoms with E-state index in [0.717, 1.165) is 5.56 Å². The average Bonchev–Trinajstić information content (AvgIpc) is 2.08. The highest BCUT2D eigenvalue weighted by Crippen LogP contribution is 2.19. The second kappa shape index (κ2) is 4.23. The predicted octanol–water partition coefficient (Wildman–Crippen LogP) is 2.32. The molecule has 0 radical (unpaired) electrons. The van der Waals surface area contributed by atoms with E-state index in [4.69, 9.17) is 10.5 Å². The van der Waals surface area contributed by atoms with Crippen molar-refractivity contribution in [1.82, 2.24) is 0 Å². The third-order valence-corrected chi connectivity index (χ3v) is 1.59. The SMILES string of the molecule is CC(C)Oc1ccc(CN)cc1F.[HH]. The Labute approximate surface area is 79.0 Å². The van der Waals surface area contributed by atoms with Gasteiger partial charge in [0.15, 0.2) is 11.6 Å². The molecule has 13 heavy (non-hydrogen) atoms. The van der Waals surface area contributed by atoms with Crippen LogP contribution in [0, 0.1) is 5.82 Å². The molecular weight excluding hydrogens is 169 g/mol. The smallest absolute Gasteiger partial charge is 0.165 e. The van der Waals surface area contributed by atoms with Crippen LogP contribution in [0.1, 0.15) is 20.8 Å². The van der Waals surface area contributed by atoms with E-state index in [1.807, 2.05) is 13.8 Å². The number of benzene rings is 1. The molecule has 0 bridgehead atoms. The lowest BCUT2D eigenvalue weighted by Gasteiger charge is -2.10. The Morgan fingerprint density at radius 2 is 2.23 bits per heavy atom. The van der Waals surface area contributed by atoms with E-state index in [-0.39, 0.29) is 19.1 Å². The maximum absolute atomic E-state index is 13.2. The highest BCUT2D eigenvalue weighted by molar-refractivity contribution is 5.29. The highest BCUT2D eigenvalue weighted by Gasteiger charge is 2.05. The summed E-state index contributed by atoms with van der Waals surface area (Å²) in [6, 6.07) is 4.77. The molecule has 0 saturated heterocycles. The molecule has 0 aliphatic carbocycles. The van der Waals surface area contributed by atoms with E-state index in [0.29, 0.717) is 6.54 Å². The summed E-state index contributed by atoms with van der Waals surface area (Å²) >= 11 is 0. The van der Waals surface area contributed by atoms with Crippen molar-refractivity contribution in [2.24, 2.45) is 5.73 Å². The fourth-order valence-electron chi connectivity index (χ4n) is 1.02. The van der Waals surface area contributed by atoms with Crippen LogP contribution < -0.4 is 10.5 Å². The minimum Gasteiger partial charge on any atom is -0.488 e. The fraction of sp³-hybridized carbons (Fsp3) is 0.400. The zero-order chi connectivity index (χ0) is 9.84. The zero-order valence-corrected chi connectivity index (χ0v) is 7.88. The van der Waals surface area contributed by atoms with E-state index in [1.54, 1.807) is 12.1 Å². The monoisotopic (exact) mass is 185 g/mol. The molecule has 0 fully saturated rings. The van der Waals surface area contributed by atoms with Gasteiger partial charge in [-0.2, -0.15) is 0 Å². The normalized spacial score (nSPS) is 10.5. The summed E-state index contributed by atoms with van der Waals surface area (Å²) in [7, 11) is 0. The maximum atomic E-state index is 13.2. The zero-order valence-electron chi connectivity index (χ0n) is 7.88. The van der Waals surface area contributed by atoms with Gasteiger partial charge in [-0.05, 0) is 31.5 Å². The third-order valence-electron chi connectivity index (χ3n) is 1.59. The third kappa shape index (κ3) is 2.70. The van der Waals surface area contributed by atoms with Gasteiger partial charge in [-0.15, -0.1) is 0 Å². The van der Waals surface area contributed by atoms with Crippen LogP contribution in [0.4, 0.5) is 4.39 Å². The van der Waals surface area contributed by atoms with Gasteiger partial charge in [-0.3, -0.25) is 0 Å². The van der Waals surface area contributed by atoms with Crippen molar-refractivity contribution in [3.63, 3.8) is 0 Å². The van der Waals surface area contributed by atoms with Gasteiger partial charge >= 0.3 is 0 Å². The van der Waals surface area contributed by atoms with E-state index in [9.17, 15) is 4.39 Å². The Hall–Kier alpha value is -1.09. The molecule has 2 nitrogen and oxygen atoms in total. The molecule has 0 aliphatic rings. The summed E-state index contributed by atoms with van der Waals surface area (Å²) in [6.07, 6.45) is -0.0155. The summed E-state index contributed by atoms with van der Waals surface area (Å²) in [6.45, 7) is 4.06. The van der Waals surface area contributed by atoms with Crippen molar-refractivity contribution in [1.29, 1.82) is 0 Å². The Kier molecular flexibility index (Phi) is 3.25. The number of rotatable bonds is 3. The second-order valence-electron chi connectivity index (χ2n) is 3.14. The van der Waals surface area contributed by atoms with Crippen LogP contribution in [0.3, 0.4) is 0 Å². The topological polar surface area (TPSA) is 35.2 Å². The molecular formula is C10H16FNO. The largest absolute Gasteiger partial charge is 0.488 e. The van der Waals surface area contributed by atoms with Crippen molar-refractivity contribution in [2.75, 3.05) is 0 Å². The summed E-state index contributed by atoms with van der Waals surface area (Å²) in [5.41, 5.74) is 6.13. The van der Waals surface area contributed by atoms with Gasteiger partial charge in [-0.1, -0.05) is 6.07 Å². The highest BCUT2D eigenvalue weighted by atomic mass is 19.1. The lowest BCUT2D eigenvalue weighted by Crippen LogP contribution is -2.07. The predicted molar refractivity (Wildman–Crippen MR) is 52.2 cm³/mol. The number of ether oxygens (including phenoxy) is 1. The minimum absolute atomic E-state index is 0. The van der Waals surface area contributed by atoms with Crippen LogP contribution in [0.5, 0.6) is 5.75 Å². The number of hydrogen-bond donors (Lipinski definition) is 1. The second-order valence-corrected chi connectivity index (χ2v) is 3.14. The first-order valence-electron chi connectivity index (χ1n) is 4.28. The first kappa shape index (κ1) is 9.99. The Morgan fingerprint density at radius 3 is 2.69 bits per heavy atom. The lowest BCUT2D eigenvalue weighted by atomic mass is 10.2. The Morgan fingerprint density at radius 1 is 1.54 bits per heavy atom. The number of hydrogen-bond acceptors (Lipinski definition) is 2. The summed E-state index contributed by atoms with van der Waals surface area (Å²) in [5, 5.41) is 0. The molecule has 0 heterocycles. The molecule has 1 aromatic carbocycles. The molecule has 0 amide bonds. The van der Waals surface area contributed by atoms with Crippen LogP contribution in [0.15, 0.2) is 18.2 Å². The standard InChI is InChI=1S/C10H14FNO.H2/c1-7(2)13-10-4-3-8(6-12)5-9(10)11;/h3-5,7H,6,12H2,1-2H3;1H. The molecule has 0 saturated carbocycles. The average molecular weight is 185 g/mol. The van der Waals surface area contributed by atoms with Crippen molar-refractivity contribution in [3.8, 4) is 5.75 Å². The maximum Gasteiger partial charge on any atom is 0.165 e. The van der Waals surface area contributed by atoms with Gasteiger partial charge < -0.3 is 10.5 Å². The first-order valence-corrected chi connectivity index (χ1v) is 4.28. The van der Waals surface area contributed by atoms with E-state index in [2.05, 4.69) is 0 Å². The van der Waals surface area contributed by atoms with Gasteiger partial charge in [0, 0.05) is 7.97 Å². The fourth-order valence-corrected chi connectivity index (χ4v) is 1.02. The van der Waals surface area contributed by atoms with E-state index >= 15 is 0 Å². The van der Waals surface area contributed by atoms with Crippen LogP contribution >= 0.6 is 0 Å². The van der Waals surface area contributed by atoms with Crippen LogP contribution in [-0.4, -0.2) is 6.10 Å². The van der Waals surface area contributed by atoms with Crippen LogP contribution in [0.2, 0.25) is 0 Å². The number of nitrogens with two attached hydrogens (primary N) is 1. The van der Waals surface area contributed by atoms with Crippen molar-refractivity contribution >= 4 is 0 Å². The molecule has 1 aromatic rings. The molecule has 0 spiro atoms. The van der Waals surface area contributed by atoms with Gasteiger partial charge in [-0.25, -0.2) is 4.39 Å². The molecule has 74 valence electrons. The van der Waals surface area contributed by atoms with E-state index in [1.165, 1.54) is 6.07 Å². The molecule has 0 aromatic heterocycles. The van der Waals surface area contributed by atoms with Crippen molar-refractivity contribution < 1.29 is 10.6 Å². The minimum atomic E-state index is -0.350. The molecule has 0 atom stereocenters. The summed E-state index contributed by atoms with van der Waals surface area (Å²) < 4.78 is 18.4. The molecule has 1 rings (SSSR count). The van der Waals surface area contributed by atoms with Crippen LogP contribution in [-0.2, 0) is 6.54 Å². The Balaban J connectivity index is 0.00000169. The quantitative estimate of drug-likeness (QED) is 0.784. The summed E-state index contributed by atoms with van der Waals surface area (Å²) in [5.74, 6) is -0.0659. The van der Waals surface area contributed by atoms with Gasteiger partial charge in [0.25, 0.3) is 0 Å². The molecule has 0 unspecified atom stereocenters. The first-order chi connectivity index (χ1) is 6.13. The number of halogens is 1. The van der Waals surface area contributed by atoms with Crippen LogP contribution in [0.25, 0.3) is 0 Å². The van der Waals surface area contributed by atoms with Gasteiger partial charge in [0.1, 0.15) is 0 Å². The Bertz CT molecular complexity index is 291. The molecule has 2 N–H and O–H groups in total.